The number of ether oxygens (including phenoxy) is 2. The summed E-state index contributed by atoms with van der Waals surface area (Å²) in [6.45, 7) is 7.61. The molecule has 0 bridgehead atoms. The molecule has 0 aromatic rings. The molecule has 17 heavy (non-hydrogen) atoms. The zero-order valence-electron chi connectivity index (χ0n) is 10.9. The molecular formula is C11H22N2O4. The van der Waals surface area contributed by atoms with E-state index in [1.807, 2.05) is 0 Å². The van der Waals surface area contributed by atoms with Gasteiger partial charge in [-0.2, -0.15) is 0 Å². The minimum absolute atomic E-state index is 0.273. The van der Waals surface area contributed by atoms with Crippen LogP contribution in [0.25, 0.3) is 0 Å². The van der Waals surface area contributed by atoms with Gasteiger partial charge in [-0.3, -0.25) is 4.79 Å². The molecular weight excluding hydrogens is 224 g/mol. The Morgan fingerprint density at radius 3 is 2.41 bits per heavy atom. The van der Waals surface area contributed by atoms with Crippen LogP contribution in [0.4, 0.5) is 4.79 Å². The van der Waals surface area contributed by atoms with E-state index in [2.05, 4.69) is 5.32 Å². The average Bonchev–Trinajstić information content (AvgIpc) is 2.14. The zero-order valence-corrected chi connectivity index (χ0v) is 10.9. The van der Waals surface area contributed by atoms with Gasteiger partial charge in [0.25, 0.3) is 0 Å². The monoisotopic (exact) mass is 246 g/mol. The van der Waals surface area contributed by atoms with Crippen LogP contribution in [0.2, 0.25) is 0 Å². The quantitative estimate of drug-likeness (QED) is 0.700. The molecule has 3 N–H and O–H groups in total. The van der Waals surface area contributed by atoms with Crippen LogP contribution >= 0.6 is 0 Å². The number of rotatable bonds is 5. The van der Waals surface area contributed by atoms with Crippen molar-refractivity contribution in [3.8, 4) is 0 Å². The number of esters is 1. The molecule has 0 aromatic carbocycles. The van der Waals surface area contributed by atoms with Crippen molar-refractivity contribution >= 4 is 12.1 Å². The van der Waals surface area contributed by atoms with E-state index in [4.69, 9.17) is 15.2 Å². The third-order valence-electron chi connectivity index (χ3n) is 1.71. The van der Waals surface area contributed by atoms with E-state index >= 15 is 0 Å². The van der Waals surface area contributed by atoms with Gasteiger partial charge >= 0.3 is 12.1 Å². The van der Waals surface area contributed by atoms with Crippen LogP contribution in [0.3, 0.4) is 0 Å². The SMILES string of the molecule is CCOC(=O)[C@@H](N)CCNC(=O)OC(C)(C)C. The summed E-state index contributed by atoms with van der Waals surface area (Å²) in [7, 11) is 0. The lowest BCUT2D eigenvalue weighted by Gasteiger charge is -2.20. The highest BCUT2D eigenvalue weighted by Gasteiger charge is 2.17. The predicted molar refractivity (Wildman–Crippen MR) is 63.5 cm³/mol. The van der Waals surface area contributed by atoms with Crippen LogP contribution in [-0.2, 0) is 14.3 Å². The second kappa shape index (κ2) is 7.11. The van der Waals surface area contributed by atoms with Crippen LogP contribution in [0, 0.1) is 0 Å². The van der Waals surface area contributed by atoms with E-state index in [0.29, 0.717) is 13.0 Å². The van der Waals surface area contributed by atoms with Gasteiger partial charge in [0.1, 0.15) is 11.6 Å². The lowest BCUT2D eigenvalue weighted by Crippen LogP contribution is -2.38. The van der Waals surface area contributed by atoms with Gasteiger partial charge in [0.15, 0.2) is 0 Å². The van der Waals surface area contributed by atoms with Crippen LogP contribution in [0.5, 0.6) is 0 Å². The molecule has 6 heteroatoms. The summed E-state index contributed by atoms with van der Waals surface area (Å²) < 4.78 is 9.75. The molecule has 1 atom stereocenters. The normalized spacial score (nSPS) is 12.8. The molecule has 0 unspecified atom stereocenters. The Morgan fingerprint density at radius 2 is 1.94 bits per heavy atom. The van der Waals surface area contributed by atoms with Crippen molar-refractivity contribution in [3.05, 3.63) is 0 Å². The van der Waals surface area contributed by atoms with Crippen LogP contribution in [-0.4, -0.2) is 36.9 Å². The third kappa shape index (κ3) is 8.50. The van der Waals surface area contributed by atoms with E-state index in [9.17, 15) is 9.59 Å². The number of carbonyl (C=O) groups is 2. The highest BCUT2D eigenvalue weighted by atomic mass is 16.6. The van der Waals surface area contributed by atoms with Gasteiger partial charge in [-0.15, -0.1) is 0 Å². The van der Waals surface area contributed by atoms with Crippen molar-refractivity contribution < 1.29 is 19.1 Å². The third-order valence-corrected chi connectivity index (χ3v) is 1.71. The number of alkyl carbamates (subject to hydrolysis) is 1. The van der Waals surface area contributed by atoms with Crippen molar-refractivity contribution in [1.82, 2.24) is 5.32 Å². The van der Waals surface area contributed by atoms with E-state index in [1.165, 1.54) is 0 Å². The first-order valence-corrected chi connectivity index (χ1v) is 5.65. The molecule has 100 valence electrons. The number of nitrogens with two attached hydrogens (primary N) is 1. The van der Waals surface area contributed by atoms with Crippen LogP contribution in [0.1, 0.15) is 34.1 Å². The van der Waals surface area contributed by atoms with Crippen molar-refractivity contribution in [3.63, 3.8) is 0 Å². The number of carbonyl (C=O) groups excluding carboxylic acids is 2. The fourth-order valence-corrected chi connectivity index (χ4v) is 1.01. The van der Waals surface area contributed by atoms with E-state index in [0.717, 1.165) is 0 Å². The maximum Gasteiger partial charge on any atom is 0.407 e. The van der Waals surface area contributed by atoms with Gasteiger partial charge in [-0.1, -0.05) is 0 Å². The second-order valence-corrected chi connectivity index (χ2v) is 4.58. The summed E-state index contributed by atoms with van der Waals surface area (Å²) in [5.41, 5.74) is 5.02. The van der Waals surface area contributed by atoms with Gasteiger partial charge in [-0.05, 0) is 34.1 Å². The summed E-state index contributed by atoms with van der Waals surface area (Å²) in [6.07, 6.45) is -0.202. The number of nitrogens with one attached hydrogen (secondary N) is 1. The maximum atomic E-state index is 11.2. The van der Waals surface area contributed by atoms with E-state index < -0.39 is 23.7 Å². The molecule has 1 amide bonds. The molecule has 6 nitrogen and oxygen atoms in total. The van der Waals surface area contributed by atoms with Crippen molar-refractivity contribution in [2.45, 2.75) is 45.8 Å². The highest BCUT2D eigenvalue weighted by Crippen LogP contribution is 2.06. The van der Waals surface area contributed by atoms with Gasteiger partial charge in [0.2, 0.25) is 0 Å². The molecule has 0 heterocycles. The van der Waals surface area contributed by atoms with E-state index in [-0.39, 0.29) is 6.54 Å². The minimum Gasteiger partial charge on any atom is -0.465 e. The van der Waals surface area contributed by atoms with Gasteiger partial charge < -0.3 is 20.5 Å². The lowest BCUT2D eigenvalue weighted by atomic mass is 10.2. The largest absolute Gasteiger partial charge is 0.465 e. The Kier molecular flexibility index (Phi) is 6.57. The van der Waals surface area contributed by atoms with E-state index in [1.54, 1.807) is 27.7 Å². The van der Waals surface area contributed by atoms with Crippen molar-refractivity contribution in [1.29, 1.82) is 0 Å². The standard InChI is InChI=1S/C11H22N2O4/c1-5-16-9(14)8(12)6-7-13-10(15)17-11(2,3)4/h8H,5-7,12H2,1-4H3,(H,13,15)/t8-/m0/s1. The summed E-state index contributed by atoms with van der Waals surface area (Å²) in [6, 6.07) is -0.718. The first kappa shape index (κ1) is 15.7. The zero-order chi connectivity index (χ0) is 13.5. The molecule has 0 spiro atoms. The Balaban J connectivity index is 3.77. The molecule has 0 aliphatic heterocycles. The summed E-state index contributed by atoms with van der Waals surface area (Å²) in [4.78, 5) is 22.4. The summed E-state index contributed by atoms with van der Waals surface area (Å²) in [5.74, 6) is -0.460. The van der Waals surface area contributed by atoms with Crippen molar-refractivity contribution in [2.75, 3.05) is 13.2 Å². The number of amides is 1. The van der Waals surface area contributed by atoms with Crippen LogP contribution < -0.4 is 11.1 Å². The van der Waals surface area contributed by atoms with Gasteiger partial charge in [0, 0.05) is 6.54 Å². The van der Waals surface area contributed by atoms with Gasteiger partial charge in [-0.25, -0.2) is 4.79 Å². The first-order chi connectivity index (χ1) is 7.76. The molecule has 0 aliphatic carbocycles. The summed E-state index contributed by atoms with van der Waals surface area (Å²) in [5, 5.41) is 2.52. The fraction of sp³-hybridized carbons (Fsp3) is 0.818. The summed E-state index contributed by atoms with van der Waals surface area (Å²) >= 11 is 0. The topological polar surface area (TPSA) is 90.6 Å². The Bertz CT molecular complexity index is 261. The molecule has 0 fully saturated rings. The number of hydrogen-bond donors (Lipinski definition) is 2. The molecule has 0 saturated carbocycles. The first-order valence-electron chi connectivity index (χ1n) is 5.65. The molecule has 0 aromatic heterocycles. The van der Waals surface area contributed by atoms with Gasteiger partial charge in [0.05, 0.1) is 6.61 Å². The Morgan fingerprint density at radius 1 is 1.35 bits per heavy atom. The molecule has 0 radical (unpaired) electrons. The smallest absolute Gasteiger partial charge is 0.407 e. The Labute approximate surface area is 102 Å². The van der Waals surface area contributed by atoms with Crippen molar-refractivity contribution in [2.24, 2.45) is 5.73 Å². The predicted octanol–water partition coefficient (Wildman–Crippen LogP) is 0.792. The lowest BCUT2D eigenvalue weighted by molar-refractivity contribution is -0.144. The Hall–Kier alpha value is -1.30. The molecule has 0 rings (SSSR count). The maximum absolute atomic E-state index is 11.2. The molecule has 0 aliphatic rings. The fourth-order valence-electron chi connectivity index (χ4n) is 1.01. The number of hydrogen-bond acceptors (Lipinski definition) is 5. The second-order valence-electron chi connectivity index (χ2n) is 4.58. The average molecular weight is 246 g/mol. The highest BCUT2D eigenvalue weighted by molar-refractivity contribution is 5.75. The van der Waals surface area contributed by atoms with Crippen LogP contribution in [0.15, 0.2) is 0 Å². The molecule has 0 saturated heterocycles. The minimum atomic E-state index is -0.718.